The second-order valence-electron chi connectivity index (χ2n) is 7.38. The molecule has 0 radical (unpaired) electrons. The van der Waals surface area contributed by atoms with Gasteiger partial charge in [-0.1, -0.05) is 42.5 Å². The van der Waals surface area contributed by atoms with E-state index in [9.17, 15) is 4.79 Å². The molecule has 5 rings (SSSR count). The van der Waals surface area contributed by atoms with Gasteiger partial charge >= 0.3 is 0 Å². The third-order valence-electron chi connectivity index (χ3n) is 5.58. The first kappa shape index (κ1) is 17.6. The van der Waals surface area contributed by atoms with Gasteiger partial charge in [-0.15, -0.1) is 0 Å². The zero-order valence-corrected chi connectivity index (χ0v) is 16.1. The number of nitrogens with zero attached hydrogens (tertiary/aromatic N) is 5. The minimum Gasteiger partial charge on any atom is -0.338 e. The lowest BCUT2D eigenvalue weighted by molar-refractivity contribution is -0.132. The zero-order valence-electron chi connectivity index (χ0n) is 16.1. The maximum Gasteiger partial charge on any atom is 0.222 e. The Morgan fingerprint density at radius 2 is 2.03 bits per heavy atom. The Bertz CT molecular complexity index is 1140. The molecule has 29 heavy (non-hydrogen) atoms. The number of H-pyrrole nitrogens is 1. The van der Waals surface area contributed by atoms with Gasteiger partial charge in [0, 0.05) is 49.3 Å². The Morgan fingerprint density at radius 3 is 2.93 bits per heavy atom. The van der Waals surface area contributed by atoms with Crippen molar-refractivity contribution in [1.29, 1.82) is 0 Å². The Hall–Kier alpha value is -3.48. The van der Waals surface area contributed by atoms with Crippen molar-refractivity contribution < 1.29 is 4.79 Å². The van der Waals surface area contributed by atoms with Crippen molar-refractivity contribution in [1.82, 2.24) is 29.9 Å². The maximum atomic E-state index is 12.8. The second kappa shape index (κ2) is 7.50. The number of fused-ring (bicyclic) bond motifs is 2. The smallest absolute Gasteiger partial charge is 0.222 e. The number of benzene rings is 2. The average molecular weight is 386 g/mol. The molecule has 4 aromatic rings. The van der Waals surface area contributed by atoms with Crippen LogP contribution >= 0.6 is 0 Å². The van der Waals surface area contributed by atoms with Crippen molar-refractivity contribution in [2.45, 2.75) is 32.4 Å². The summed E-state index contributed by atoms with van der Waals surface area (Å²) in [5.74, 6) is 0.181. The van der Waals surface area contributed by atoms with E-state index in [1.54, 1.807) is 11.0 Å². The predicted molar refractivity (Wildman–Crippen MR) is 110 cm³/mol. The SMILES string of the molecule is O=C(CCCn1cncn1)N1CCc2[nH]nc(-c3cccc4ccccc34)c2C1. The number of carbonyl (C=O) groups is 1. The van der Waals surface area contributed by atoms with Gasteiger partial charge in [-0.3, -0.25) is 14.6 Å². The van der Waals surface area contributed by atoms with Gasteiger partial charge in [0.15, 0.2) is 0 Å². The number of rotatable bonds is 5. The zero-order chi connectivity index (χ0) is 19.6. The summed E-state index contributed by atoms with van der Waals surface area (Å²) in [6.45, 7) is 2.04. The summed E-state index contributed by atoms with van der Waals surface area (Å²) < 4.78 is 1.76. The average Bonchev–Trinajstić information content (AvgIpc) is 3.42. The number of nitrogens with one attached hydrogen (secondary N) is 1. The van der Waals surface area contributed by atoms with E-state index in [2.05, 4.69) is 56.7 Å². The van der Waals surface area contributed by atoms with Crippen molar-refractivity contribution in [3.05, 3.63) is 66.4 Å². The summed E-state index contributed by atoms with van der Waals surface area (Å²) >= 11 is 0. The number of aryl methyl sites for hydroxylation is 1. The van der Waals surface area contributed by atoms with Crippen LogP contribution in [-0.4, -0.2) is 42.3 Å². The standard InChI is InChI=1S/C22H22N6O/c29-21(9-4-11-28-15-23-14-24-28)27-12-10-20-19(13-27)22(26-25-20)18-8-3-6-16-5-1-2-7-17(16)18/h1-3,5-8,14-15H,4,9-13H2,(H,25,26). The van der Waals surface area contributed by atoms with Crippen LogP contribution in [-0.2, 0) is 24.3 Å². The number of aromatic nitrogens is 5. The molecule has 0 fully saturated rings. The summed E-state index contributed by atoms with van der Waals surface area (Å²) in [6, 6.07) is 14.6. The van der Waals surface area contributed by atoms with Crippen LogP contribution in [0.25, 0.3) is 22.0 Å². The molecule has 1 amide bonds. The molecule has 0 saturated heterocycles. The molecule has 7 heteroatoms. The third-order valence-corrected chi connectivity index (χ3v) is 5.58. The summed E-state index contributed by atoms with van der Waals surface area (Å²) in [4.78, 5) is 18.7. The van der Waals surface area contributed by atoms with E-state index < -0.39 is 0 Å². The van der Waals surface area contributed by atoms with Gasteiger partial charge in [-0.05, 0) is 17.2 Å². The van der Waals surface area contributed by atoms with Gasteiger partial charge in [0.1, 0.15) is 12.7 Å². The highest BCUT2D eigenvalue weighted by molar-refractivity contribution is 5.96. The number of hydrogen-bond acceptors (Lipinski definition) is 4. The highest BCUT2D eigenvalue weighted by Crippen LogP contribution is 2.33. The molecule has 1 aliphatic rings. The van der Waals surface area contributed by atoms with Crippen molar-refractivity contribution in [3.63, 3.8) is 0 Å². The first-order valence-electron chi connectivity index (χ1n) is 9.94. The van der Waals surface area contributed by atoms with E-state index in [-0.39, 0.29) is 5.91 Å². The normalized spacial score (nSPS) is 13.6. The molecule has 146 valence electrons. The summed E-state index contributed by atoms with van der Waals surface area (Å²) in [6.07, 6.45) is 5.27. The molecule has 2 aromatic heterocycles. The molecule has 1 aliphatic heterocycles. The Kier molecular flexibility index (Phi) is 4.56. The Labute approximate surface area is 168 Å². The summed E-state index contributed by atoms with van der Waals surface area (Å²) in [7, 11) is 0. The molecule has 0 aliphatic carbocycles. The Morgan fingerprint density at radius 1 is 1.14 bits per heavy atom. The maximum absolute atomic E-state index is 12.8. The topological polar surface area (TPSA) is 79.7 Å². The van der Waals surface area contributed by atoms with Crippen molar-refractivity contribution >= 4 is 16.7 Å². The minimum atomic E-state index is 0.181. The number of aromatic amines is 1. The van der Waals surface area contributed by atoms with Gasteiger partial charge in [0.25, 0.3) is 0 Å². The molecule has 2 aromatic carbocycles. The second-order valence-corrected chi connectivity index (χ2v) is 7.38. The van der Waals surface area contributed by atoms with Crippen LogP contribution in [0.15, 0.2) is 55.1 Å². The molecular weight excluding hydrogens is 364 g/mol. The van der Waals surface area contributed by atoms with Crippen LogP contribution in [0.5, 0.6) is 0 Å². The molecule has 7 nitrogen and oxygen atoms in total. The largest absolute Gasteiger partial charge is 0.338 e. The van der Waals surface area contributed by atoms with Crippen molar-refractivity contribution in [2.75, 3.05) is 6.54 Å². The van der Waals surface area contributed by atoms with E-state index in [1.165, 1.54) is 17.1 Å². The van der Waals surface area contributed by atoms with Crippen molar-refractivity contribution in [3.8, 4) is 11.3 Å². The van der Waals surface area contributed by atoms with Crippen LogP contribution in [0.2, 0.25) is 0 Å². The number of hydrogen-bond donors (Lipinski definition) is 1. The van der Waals surface area contributed by atoms with E-state index >= 15 is 0 Å². The lowest BCUT2D eigenvalue weighted by atomic mass is 9.96. The van der Waals surface area contributed by atoms with Gasteiger partial charge in [0.2, 0.25) is 5.91 Å². The van der Waals surface area contributed by atoms with Crippen LogP contribution in [0, 0.1) is 0 Å². The lowest BCUT2D eigenvalue weighted by Crippen LogP contribution is -2.35. The Balaban J connectivity index is 1.35. The molecule has 0 bridgehead atoms. The fourth-order valence-electron chi connectivity index (χ4n) is 4.06. The summed E-state index contributed by atoms with van der Waals surface area (Å²) in [5, 5.41) is 14.3. The van der Waals surface area contributed by atoms with Crippen molar-refractivity contribution in [2.24, 2.45) is 0 Å². The van der Waals surface area contributed by atoms with E-state index in [4.69, 9.17) is 0 Å². The van der Waals surface area contributed by atoms with E-state index in [0.717, 1.165) is 41.9 Å². The number of carbonyl (C=O) groups excluding carboxylic acids is 1. The van der Waals surface area contributed by atoms with Crippen LogP contribution in [0.3, 0.4) is 0 Å². The van der Waals surface area contributed by atoms with Gasteiger partial charge in [0.05, 0.1) is 5.69 Å². The fourth-order valence-corrected chi connectivity index (χ4v) is 4.06. The van der Waals surface area contributed by atoms with E-state index in [1.807, 2.05) is 11.0 Å². The highest BCUT2D eigenvalue weighted by Gasteiger charge is 2.26. The lowest BCUT2D eigenvalue weighted by Gasteiger charge is -2.27. The molecule has 0 spiro atoms. The molecule has 0 unspecified atom stereocenters. The van der Waals surface area contributed by atoms with Crippen LogP contribution in [0.1, 0.15) is 24.1 Å². The number of amides is 1. The third kappa shape index (κ3) is 3.40. The van der Waals surface area contributed by atoms with Gasteiger partial charge < -0.3 is 4.90 Å². The molecular formula is C22H22N6O. The van der Waals surface area contributed by atoms with Gasteiger partial charge in [-0.2, -0.15) is 10.2 Å². The molecule has 1 N–H and O–H groups in total. The fraction of sp³-hybridized carbons (Fsp3) is 0.273. The van der Waals surface area contributed by atoms with Crippen LogP contribution in [0.4, 0.5) is 0 Å². The quantitative estimate of drug-likeness (QED) is 0.571. The first-order valence-corrected chi connectivity index (χ1v) is 9.94. The monoisotopic (exact) mass is 386 g/mol. The van der Waals surface area contributed by atoms with Crippen LogP contribution < -0.4 is 0 Å². The molecule has 0 saturated carbocycles. The van der Waals surface area contributed by atoms with Gasteiger partial charge in [-0.25, -0.2) is 4.98 Å². The van der Waals surface area contributed by atoms with E-state index in [0.29, 0.717) is 19.5 Å². The minimum absolute atomic E-state index is 0.181. The predicted octanol–water partition coefficient (Wildman–Crippen LogP) is 3.19. The summed E-state index contributed by atoms with van der Waals surface area (Å²) in [5.41, 5.74) is 4.34. The molecule has 0 atom stereocenters. The first-order chi connectivity index (χ1) is 14.3. The highest BCUT2D eigenvalue weighted by atomic mass is 16.2. The molecule has 3 heterocycles.